The van der Waals surface area contributed by atoms with Gasteiger partial charge in [0.05, 0.1) is 5.56 Å². The van der Waals surface area contributed by atoms with Gasteiger partial charge in [0.25, 0.3) is 0 Å². The van der Waals surface area contributed by atoms with Gasteiger partial charge in [-0.3, -0.25) is 0 Å². The Morgan fingerprint density at radius 3 is 2.33 bits per heavy atom. The third-order valence-corrected chi connectivity index (χ3v) is 3.33. The third kappa shape index (κ3) is 4.35. The fourth-order valence-electron chi connectivity index (χ4n) is 1.46. The van der Waals surface area contributed by atoms with Crippen LogP contribution in [0.25, 0.3) is 0 Å². The van der Waals surface area contributed by atoms with Crippen molar-refractivity contribution in [1.29, 1.82) is 0 Å². The van der Waals surface area contributed by atoms with Crippen molar-refractivity contribution in [3.63, 3.8) is 0 Å². The molecule has 0 aliphatic heterocycles. The summed E-state index contributed by atoms with van der Waals surface area (Å²) in [5.41, 5.74) is -0.322. The zero-order valence-corrected chi connectivity index (χ0v) is 12.4. The normalized spacial score (nSPS) is 12.6. The van der Waals surface area contributed by atoms with Crippen LogP contribution in [-0.2, 0) is 6.18 Å². The lowest BCUT2D eigenvalue weighted by molar-refractivity contribution is -0.137. The molecule has 1 nitrogen and oxygen atoms in total. The van der Waals surface area contributed by atoms with E-state index >= 15 is 0 Å². The summed E-state index contributed by atoms with van der Waals surface area (Å²) in [7, 11) is 0. The Bertz CT molecular complexity index is 418. The molecule has 0 saturated carbocycles. The van der Waals surface area contributed by atoms with E-state index in [4.69, 9.17) is 11.6 Å². The molecule has 1 aromatic carbocycles. The Morgan fingerprint density at radius 2 is 1.89 bits per heavy atom. The summed E-state index contributed by atoms with van der Waals surface area (Å²) in [5.74, 6) is 0.484. The molecule has 0 radical (unpaired) electrons. The number of hydrogen-bond donors (Lipinski definition) is 1. The number of rotatable bonds is 4. The first-order valence-electron chi connectivity index (χ1n) is 5.36. The summed E-state index contributed by atoms with van der Waals surface area (Å²) in [6, 6.07) is 3.55. The summed E-state index contributed by atoms with van der Waals surface area (Å²) in [6.45, 7) is 3.89. The van der Waals surface area contributed by atoms with Crippen molar-refractivity contribution in [3.05, 3.63) is 28.2 Å². The topological polar surface area (TPSA) is 12.0 Å². The van der Waals surface area contributed by atoms with E-state index in [0.717, 1.165) is 12.1 Å². The van der Waals surface area contributed by atoms with Crippen molar-refractivity contribution in [1.82, 2.24) is 0 Å². The minimum absolute atomic E-state index is 0.274. The lowest BCUT2D eigenvalue weighted by Crippen LogP contribution is -2.31. The van der Waals surface area contributed by atoms with E-state index < -0.39 is 11.7 Å². The number of nitrogens with one attached hydrogen (secondary N) is 1. The lowest BCUT2D eigenvalue weighted by atomic mass is 10.0. The first kappa shape index (κ1) is 15.6. The maximum Gasteiger partial charge on any atom is 0.416 e. The zero-order chi connectivity index (χ0) is 14.0. The second-order valence-electron chi connectivity index (χ2n) is 4.64. The highest BCUT2D eigenvalue weighted by Crippen LogP contribution is 2.35. The van der Waals surface area contributed by atoms with E-state index in [1.54, 1.807) is 0 Å². The standard InChI is InChI=1S/C12H14BrClF3N/c1-11(2,5-6-14)18-10-4-3-8(7-9(10)13)12(15,16)17/h3-4,7,18H,5-6H2,1-2H3. The molecular formula is C12H14BrClF3N. The number of anilines is 1. The van der Waals surface area contributed by atoms with E-state index in [1.165, 1.54) is 6.07 Å². The molecular weight excluding hydrogens is 330 g/mol. The molecule has 1 rings (SSSR count). The molecule has 0 bridgehead atoms. The Labute approximate surface area is 118 Å². The molecule has 18 heavy (non-hydrogen) atoms. The second kappa shape index (κ2) is 5.70. The minimum Gasteiger partial charge on any atom is -0.379 e. The first-order valence-corrected chi connectivity index (χ1v) is 6.69. The molecule has 0 unspecified atom stereocenters. The van der Waals surface area contributed by atoms with Crippen molar-refractivity contribution >= 4 is 33.2 Å². The molecule has 0 saturated heterocycles. The SMILES string of the molecule is CC(C)(CCCl)Nc1ccc(C(F)(F)F)cc1Br. The summed E-state index contributed by atoms with van der Waals surface area (Å²) in [4.78, 5) is 0. The average molecular weight is 345 g/mol. The van der Waals surface area contributed by atoms with Crippen LogP contribution in [0.15, 0.2) is 22.7 Å². The van der Waals surface area contributed by atoms with E-state index in [0.29, 0.717) is 22.5 Å². The molecule has 6 heteroatoms. The van der Waals surface area contributed by atoms with Crippen LogP contribution in [0.1, 0.15) is 25.8 Å². The van der Waals surface area contributed by atoms with Crippen molar-refractivity contribution in [2.45, 2.75) is 32.0 Å². The summed E-state index contributed by atoms with van der Waals surface area (Å²) < 4.78 is 37.9. The molecule has 102 valence electrons. The van der Waals surface area contributed by atoms with Crippen LogP contribution in [-0.4, -0.2) is 11.4 Å². The highest BCUT2D eigenvalue weighted by atomic mass is 79.9. The van der Waals surface area contributed by atoms with Gasteiger partial charge >= 0.3 is 6.18 Å². The van der Waals surface area contributed by atoms with Crippen LogP contribution in [0.2, 0.25) is 0 Å². The van der Waals surface area contributed by atoms with Gasteiger partial charge in [0, 0.05) is 21.6 Å². The van der Waals surface area contributed by atoms with Gasteiger partial charge in [0.1, 0.15) is 0 Å². The maximum absolute atomic E-state index is 12.5. The van der Waals surface area contributed by atoms with Gasteiger partial charge in [0.15, 0.2) is 0 Å². The molecule has 0 aromatic heterocycles. The van der Waals surface area contributed by atoms with Gasteiger partial charge < -0.3 is 5.32 Å². The van der Waals surface area contributed by atoms with Crippen LogP contribution in [0.4, 0.5) is 18.9 Å². The average Bonchev–Trinajstić information content (AvgIpc) is 2.19. The first-order chi connectivity index (χ1) is 8.15. The van der Waals surface area contributed by atoms with Crippen LogP contribution in [0.5, 0.6) is 0 Å². The molecule has 0 amide bonds. The highest BCUT2D eigenvalue weighted by molar-refractivity contribution is 9.10. The molecule has 0 aliphatic rings. The fraction of sp³-hybridized carbons (Fsp3) is 0.500. The van der Waals surface area contributed by atoms with Crippen LogP contribution in [0, 0.1) is 0 Å². The Kier molecular flexibility index (Phi) is 4.95. The summed E-state index contributed by atoms with van der Waals surface area (Å²) >= 11 is 8.82. The predicted molar refractivity (Wildman–Crippen MR) is 72.2 cm³/mol. The van der Waals surface area contributed by atoms with Gasteiger partial charge in [-0.05, 0) is 54.4 Å². The smallest absolute Gasteiger partial charge is 0.379 e. The Morgan fingerprint density at radius 1 is 1.28 bits per heavy atom. The molecule has 0 fully saturated rings. The maximum atomic E-state index is 12.5. The van der Waals surface area contributed by atoms with Gasteiger partial charge in [-0.15, -0.1) is 11.6 Å². The van der Waals surface area contributed by atoms with Gasteiger partial charge in [-0.25, -0.2) is 0 Å². The van der Waals surface area contributed by atoms with Crippen LogP contribution < -0.4 is 5.32 Å². The Hall–Kier alpha value is -0.420. The Balaban J connectivity index is 2.93. The molecule has 1 aromatic rings. The molecule has 0 heterocycles. The molecule has 0 aliphatic carbocycles. The van der Waals surface area contributed by atoms with E-state index in [9.17, 15) is 13.2 Å². The van der Waals surface area contributed by atoms with Crippen LogP contribution >= 0.6 is 27.5 Å². The molecule has 0 atom stereocenters. The zero-order valence-electron chi connectivity index (χ0n) is 10.0. The number of hydrogen-bond acceptors (Lipinski definition) is 1. The fourth-order valence-corrected chi connectivity index (χ4v) is 2.41. The largest absolute Gasteiger partial charge is 0.416 e. The van der Waals surface area contributed by atoms with E-state index in [2.05, 4.69) is 21.2 Å². The number of alkyl halides is 4. The number of halogens is 5. The van der Waals surface area contributed by atoms with Gasteiger partial charge in [-0.1, -0.05) is 0 Å². The summed E-state index contributed by atoms with van der Waals surface area (Å²) in [6.07, 6.45) is -3.62. The van der Waals surface area contributed by atoms with Crippen molar-refractivity contribution in [2.75, 3.05) is 11.2 Å². The minimum atomic E-state index is -4.33. The van der Waals surface area contributed by atoms with E-state index in [1.807, 2.05) is 13.8 Å². The van der Waals surface area contributed by atoms with Crippen molar-refractivity contribution in [2.24, 2.45) is 0 Å². The van der Waals surface area contributed by atoms with Crippen LogP contribution in [0.3, 0.4) is 0 Å². The highest BCUT2D eigenvalue weighted by Gasteiger charge is 2.31. The quantitative estimate of drug-likeness (QED) is 0.732. The predicted octanol–water partition coefficient (Wildman–Crippen LogP) is 5.29. The third-order valence-electron chi connectivity index (χ3n) is 2.49. The van der Waals surface area contributed by atoms with E-state index in [-0.39, 0.29) is 5.54 Å². The van der Waals surface area contributed by atoms with Crippen molar-refractivity contribution in [3.8, 4) is 0 Å². The molecule has 0 spiro atoms. The van der Waals surface area contributed by atoms with Gasteiger partial charge in [-0.2, -0.15) is 13.2 Å². The molecule has 1 N–H and O–H groups in total. The monoisotopic (exact) mass is 343 g/mol. The number of benzene rings is 1. The second-order valence-corrected chi connectivity index (χ2v) is 5.87. The summed E-state index contributed by atoms with van der Waals surface area (Å²) in [5, 5.41) is 3.17. The van der Waals surface area contributed by atoms with Gasteiger partial charge in [0.2, 0.25) is 0 Å². The lowest BCUT2D eigenvalue weighted by Gasteiger charge is -2.27. The van der Waals surface area contributed by atoms with Crippen molar-refractivity contribution < 1.29 is 13.2 Å².